The van der Waals surface area contributed by atoms with E-state index in [-0.39, 0.29) is 19.3 Å². The number of ketones is 1. The molecule has 3 heteroatoms. The normalized spacial score (nSPS) is 12.4. The zero-order chi connectivity index (χ0) is 8.85. The minimum Gasteiger partial charge on any atom is -0.330 e. The topological polar surface area (TPSA) is 43.1 Å². The van der Waals surface area contributed by atoms with Crippen molar-refractivity contribution < 1.29 is 4.79 Å². The minimum atomic E-state index is 0. The van der Waals surface area contributed by atoms with E-state index in [1.165, 1.54) is 0 Å². The Kier molecular flexibility index (Phi) is 9.21. The third-order valence-electron chi connectivity index (χ3n) is 1.71. The number of nitrogens with two attached hydrogens (primary N) is 1. The molecule has 0 spiro atoms. The molecule has 2 nitrogen and oxygen atoms in total. The maximum absolute atomic E-state index is 10.7. The highest BCUT2D eigenvalue weighted by atomic mass is 32.1. The fraction of sp³-hybridized carbons (Fsp3) is 0.889. The Morgan fingerprint density at radius 2 is 1.92 bits per heavy atom. The lowest BCUT2D eigenvalue weighted by Gasteiger charge is -2.14. The molecule has 0 rings (SSSR count). The van der Waals surface area contributed by atoms with E-state index in [2.05, 4.69) is 13.8 Å². The van der Waals surface area contributed by atoms with Crippen molar-refractivity contribution in [1.29, 1.82) is 0 Å². The van der Waals surface area contributed by atoms with Crippen LogP contribution in [0.15, 0.2) is 0 Å². The summed E-state index contributed by atoms with van der Waals surface area (Å²) in [7, 11) is 0. The van der Waals surface area contributed by atoms with Gasteiger partial charge in [0.05, 0.1) is 0 Å². The van der Waals surface area contributed by atoms with Gasteiger partial charge in [0.1, 0.15) is 5.78 Å². The summed E-state index contributed by atoms with van der Waals surface area (Å²) >= 11 is 0. The second kappa shape index (κ2) is 7.62. The molecule has 0 aromatic carbocycles. The van der Waals surface area contributed by atoms with E-state index in [9.17, 15) is 4.79 Å². The Morgan fingerprint density at radius 1 is 1.42 bits per heavy atom. The van der Waals surface area contributed by atoms with Gasteiger partial charge in [0.15, 0.2) is 0 Å². The largest absolute Gasteiger partial charge is 0.330 e. The molecule has 0 aliphatic carbocycles. The second-order valence-electron chi connectivity index (χ2n) is 3.64. The minimum absolute atomic E-state index is 0. The molecule has 0 heterocycles. The van der Waals surface area contributed by atoms with Crippen LogP contribution >= 0.6 is 13.5 Å². The lowest BCUT2D eigenvalue weighted by atomic mass is 9.93. The average molecular weight is 191 g/mol. The molecule has 0 aromatic heterocycles. The Balaban J connectivity index is 0. The summed E-state index contributed by atoms with van der Waals surface area (Å²) in [5.41, 5.74) is 5.52. The fourth-order valence-electron chi connectivity index (χ4n) is 1.34. The lowest BCUT2D eigenvalue weighted by molar-refractivity contribution is -0.117. The van der Waals surface area contributed by atoms with Gasteiger partial charge in [-0.2, -0.15) is 13.5 Å². The predicted molar refractivity (Wildman–Crippen MR) is 57.7 cm³/mol. The van der Waals surface area contributed by atoms with Crippen LogP contribution in [-0.2, 0) is 4.79 Å². The Bertz CT molecular complexity index is 126. The maximum atomic E-state index is 10.7. The summed E-state index contributed by atoms with van der Waals surface area (Å²) in [6.45, 7) is 6.58. The Morgan fingerprint density at radius 3 is 2.17 bits per heavy atom. The van der Waals surface area contributed by atoms with Gasteiger partial charge >= 0.3 is 0 Å². The first-order chi connectivity index (χ1) is 5.06. The van der Waals surface area contributed by atoms with Crippen molar-refractivity contribution in [2.45, 2.75) is 33.6 Å². The van der Waals surface area contributed by atoms with Crippen LogP contribution < -0.4 is 5.73 Å². The van der Waals surface area contributed by atoms with Crippen molar-refractivity contribution in [3.05, 3.63) is 0 Å². The van der Waals surface area contributed by atoms with E-state index >= 15 is 0 Å². The smallest absolute Gasteiger partial charge is 0.130 e. The van der Waals surface area contributed by atoms with Crippen LogP contribution in [0.2, 0.25) is 0 Å². The Labute approximate surface area is 82.4 Å². The van der Waals surface area contributed by atoms with E-state index in [0.29, 0.717) is 24.8 Å². The van der Waals surface area contributed by atoms with Crippen LogP contribution in [0.1, 0.15) is 33.6 Å². The number of carbonyl (C=O) groups excluding carboxylic acids is 1. The van der Waals surface area contributed by atoms with E-state index in [1.54, 1.807) is 6.92 Å². The molecule has 0 amide bonds. The molecule has 0 saturated heterocycles. The summed E-state index contributed by atoms with van der Waals surface area (Å²) in [5, 5.41) is 0. The molecule has 2 N–H and O–H groups in total. The van der Waals surface area contributed by atoms with Crippen molar-refractivity contribution in [3.8, 4) is 0 Å². The highest BCUT2D eigenvalue weighted by Crippen LogP contribution is 2.13. The SMILES string of the molecule is CC(=O)C[C@@H](CN)CC(C)C.S. The van der Waals surface area contributed by atoms with Crippen molar-refractivity contribution >= 4 is 19.3 Å². The van der Waals surface area contributed by atoms with Crippen LogP contribution in [-0.4, -0.2) is 12.3 Å². The van der Waals surface area contributed by atoms with Crippen molar-refractivity contribution in [1.82, 2.24) is 0 Å². The monoisotopic (exact) mass is 191 g/mol. The average Bonchev–Trinajstić information content (AvgIpc) is 1.84. The van der Waals surface area contributed by atoms with Gasteiger partial charge in [-0.25, -0.2) is 0 Å². The highest BCUT2D eigenvalue weighted by molar-refractivity contribution is 7.59. The van der Waals surface area contributed by atoms with Crippen LogP contribution in [0.3, 0.4) is 0 Å². The van der Waals surface area contributed by atoms with Gasteiger partial charge in [-0.3, -0.25) is 0 Å². The van der Waals surface area contributed by atoms with Crippen LogP contribution in [0.4, 0.5) is 0 Å². The van der Waals surface area contributed by atoms with Crippen LogP contribution in [0.25, 0.3) is 0 Å². The molecule has 0 aromatic rings. The molecule has 1 atom stereocenters. The van der Waals surface area contributed by atoms with E-state index in [0.717, 1.165) is 6.42 Å². The number of hydrogen-bond acceptors (Lipinski definition) is 2. The number of Topliss-reactive ketones (excluding diaryl/α,β-unsaturated/α-hetero) is 1. The molecule has 0 fully saturated rings. The van der Waals surface area contributed by atoms with Crippen LogP contribution in [0.5, 0.6) is 0 Å². The zero-order valence-corrected chi connectivity index (χ0v) is 9.26. The molecule has 74 valence electrons. The van der Waals surface area contributed by atoms with Gasteiger partial charge in [-0.1, -0.05) is 13.8 Å². The molecule has 0 aliphatic heterocycles. The van der Waals surface area contributed by atoms with Gasteiger partial charge < -0.3 is 10.5 Å². The van der Waals surface area contributed by atoms with E-state index < -0.39 is 0 Å². The highest BCUT2D eigenvalue weighted by Gasteiger charge is 2.10. The first-order valence-corrected chi connectivity index (χ1v) is 4.25. The second-order valence-corrected chi connectivity index (χ2v) is 3.64. The lowest BCUT2D eigenvalue weighted by Crippen LogP contribution is -2.18. The van der Waals surface area contributed by atoms with E-state index in [4.69, 9.17) is 5.73 Å². The molecule has 0 aliphatic rings. The summed E-state index contributed by atoms with van der Waals surface area (Å²) in [4.78, 5) is 10.7. The standard InChI is InChI=1S/C9H19NO.H2S/c1-7(2)4-9(6-10)5-8(3)11;/h7,9H,4-6,10H2,1-3H3;1H2/t9-;/m0./s1. The molecule has 12 heavy (non-hydrogen) atoms. The quantitative estimate of drug-likeness (QED) is 0.719. The molecule has 0 bridgehead atoms. The van der Waals surface area contributed by atoms with E-state index in [1.807, 2.05) is 0 Å². The van der Waals surface area contributed by atoms with Crippen molar-refractivity contribution in [2.75, 3.05) is 6.54 Å². The maximum Gasteiger partial charge on any atom is 0.130 e. The zero-order valence-electron chi connectivity index (χ0n) is 8.26. The van der Waals surface area contributed by atoms with Gasteiger partial charge in [-0.05, 0) is 31.7 Å². The molecular formula is C9H21NOS. The van der Waals surface area contributed by atoms with Gasteiger partial charge in [0.25, 0.3) is 0 Å². The predicted octanol–water partition coefficient (Wildman–Crippen LogP) is 1.70. The first-order valence-electron chi connectivity index (χ1n) is 4.25. The van der Waals surface area contributed by atoms with Crippen molar-refractivity contribution in [2.24, 2.45) is 17.6 Å². The number of carbonyl (C=O) groups is 1. The summed E-state index contributed by atoms with van der Waals surface area (Å²) in [6.07, 6.45) is 1.71. The fourth-order valence-corrected chi connectivity index (χ4v) is 1.34. The molecule has 0 radical (unpaired) electrons. The molecular weight excluding hydrogens is 170 g/mol. The van der Waals surface area contributed by atoms with Gasteiger partial charge in [0, 0.05) is 6.42 Å². The van der Waals surface area contributed by atoms with Gasteiger partial charge in [0.2, 0.25) is 0 Å². The first kappa shape index (κ1) is 14.5. The third-order valence-corrected chi connectivity index (χ3v) is 1.71. The van der Waals surface area contributed by atoms with Gasteiger partial charge in [-0.15, -0.1) is 0 Å². The molecule has 0 unspecified atom stereocenters. The third kappa shape index (κ3) is 8.08. The summed E-state index contributed by atoms with van der Waals surface area (Å²) in [6, 6.07) is 0. The number of rotatable bonds is 5. The number of hydrogen-bond donors (Lipinski definition) is 1. The van der Waals surface area contributed by atoms with Crippen LogP contribution in [0, 0.1) is 11.8 Å². The summed E-state index contributed by atoms with van der Waals surface area (Å²) < 4.78 is 0. The Hall–Kier alpha value is -0.0200. The van der Waals surface area contributed by atoms with Crippen molar-refractivity contribution in [3.63, 3.8) is 0 Å². The molecule has 0 saturated carbocycles. The summed E-state index contributed by atoms with van der Waals surface area (Å²) in [5.74, 6) is 1.29.